The van der Waals surface area contributed by atoms with Crippen molar-refractivity contribution in [1.82, 2.24) is 5.32 Å². The van der Waals surface area contributed by atoms with E-state index in [0.29, 0.717) is 6.07 Å². The van der Waals surface area contributed by atoms with Crippen LogP contribution in [0, 0.1) is 11.2 Å². The molecule has 0 atom stereocenters. The molecule has 21 heavy (non-hydrogen) atoms. The van der Waals surface area contributed by atoms with Gasteiger partial charge in [0.15, 0.2) is 0 Å². The van der Waals surface area contributed by atoms with Gasteiger partial charge in [-0.2, -0.15) is 13.2 Å². The van der Waals surface area contributed by atoms with Gasteiger partial charge in [-0.05, 0) is 26.0 Å². The number of carboxylic acid groups (broad SMARTS) is 1. The molecule has 0 bridgehead atoms. The van der Waals surface area contributed by atoms with Crippen molar-refractivity contribution in [3.63, 3.8) is 0 Å². The molecule has 116 valence electrons. The zero-order valence-electron chi connectivity index (χ0n) is 11.2. The van der Waals surface area contributed by atoms with Gasteiger partial charge >= 0.3 is 12.1 Å². The van der Waals surface area contributed by atoms with E-state index in [1.54, 1.807) is 0 Å². The Hall–Kier alpha value is -2.12. The van der Waals surface area contributed by atoms with Crippen molar-refractivity contribution < 1.29 is 32.3 Å². The summed E-state index contributed by atoms with van der Waals surface area (Å²) in [7, 11) is 0. The molecule has 0 saturated heterocycles. The lowest BCUT2D eigenvalue weighted by atomic mass is 9.94. The quantitative estimate of drug-likeness (QED) is 0.841. The van der Waals surface area contributed by atoms with Crippen LogP contribution in [0.15, 0.2) is 18.2 Å². The molecule has 0 aliphatic carbocycles. The molecular weight excluding hydrogens is 294 g/mol. The van der Waals surface area contributed by atoms with Crippen LogP contribution in [0.4, 0.5) is 17.6 Å². The number of amides is 1. The van der Waals surface area contributed by atoms with E-state index in [4.69, 9.17) is 5.11 Å². The zero-order valence-corrected chi connectivity index (χ0v) is 11.2. The van der Waals surface area contributed by atoms with Gasteiger partial charge < -0.3 is 10.4 Å². The average molecular weight is 307 g/mol. The van der Waals surface area contributed by atoms with Crippen LogP contribution < -0.4 is 5.32 Å². The van der Waals surface area contributed by atoms with E-state index >= 15 is 0 Å². The molecule has 4 nitrogen and oxygen atoms in total. The maximum Gasteiger partial charge on any atom is 0.419 e. The number of hydrogen-bond donors (Lipinski definition) is 2. The van der Waals surface area contributed by atoms with E-state index in [2.05, 4.69) is 5.32 Å². The third-order valence-corrected chi connectivity index (χ3v) is 2.82. The Morgan fingerprint density at radius 3 is 2.29 bits per heavy atom. The number of rotatable bonds is 4. The standard InChI is InChI=1S/C13H13F4NO3/c1-12(2,11(20)21)6-18-10(19)7-4-3-5-8(9(7)14)13(15,16)17/h3-5H,6H2,1-2H3,(H,18,19)(H,20,21). The van der Waals surface area contributed by atoms with Crippen LogP contribution in [0.5, 0.6) is 0 Å². The summed E-state index contributed by atoms with van der Waals surface area (Å²) in [6.45, 7) is 2.28. The Morgan fingerprint density at radius 1 is 1.24 bits per heavy atom. The fourth-order valence-electron chi connectivity index (χ4n) is 1.40. The van der Waals surface area contributed by atoms with Crippen LogP contribution in [0.1, 0.15) is 29.8 Å². The third kappa shape index (κ3) is 3.93. The van der Waals surface area contributed by atoms with Gasteiger partial charge in [-0.15, -0.1) is 0 Å². The minimum Gasteiger partial charge on any atom is -0.481 e. The molecule has 0 spiro atoms. The first kappa shape index (κ1) is 16.9. The largest absolute Gasteiger partial charge is 0.481 e. The number of hydrogen-bond acceptors (Lipinski definition) is 2. The lowest BCUT2D eigenvalue weighted by molar-refractivity contribution is -0.146. The Bertz CT molecular complexity index is 567. The fraction of sp³-hybridized carbons (Fsp3) is 0.385. The molecule has 0 aromatic heterocycles. The third-order valence-electron chi connectivity index (χ3n) is 2.82. The molecule has 0 radical (unpaired) electrons. The first-order valence-electron chi connectivity index (χ1n) is 5.84. The smallest absolute Gasteiger partial charge is 0.419 e. The predicted molar refractivity (Wildman–Crippen MR) is 65.2 cm³/mol. The Labute approximate surface area is 117 Å². The monoisotopic (exact) mass is 307 g/mol. The lowest BCUT2D eigenvalue weighted by Crippen LogP contribution is -2.39. The van der Waals surface area contributed by atoms with Crippen LogP contribution in [0.2, 0.25) is 0 Å². The highest BCUT2D eigenvalue weighted by Crippen LogP contribution is 2.32. The van der Waals surface area contributed by atoms with E-state index in [1.807, 2.05) is 0 Å². The number of carbonyl (C=O) groups is 2. The lowest BCUT2D eigenvalue weighted by Gasteiger charge is -2.19. The van der Waals surface area contributed by atoms with Gasteiger partial charge in [-0.25, -0.2) is 4.39 Å². The summed E-state index contributed by atoms with van der Waals surface area (Å²) >= 11 is 0. The molecule has 1 aromatic carbocycles. The topological polar surface area (TPSA) is 66.4 Å². The van der Waals surface area contributed by atoms with E-state index in [9.17, 15) is 27.2 Å². The van der Waals surface area contributed by atoms with Crippen molar-refractivity contribution in [2.24, 2.45) is 5.41 Å². The van der Waals surface area contributed by atoms with Gasteiger partial charge in [-0.3, -0.25) is 9.59 Å². The van der Waals surface area contributed by atoms with Gasteiger partial charge in [-0.1, -0.05) is 6.07 Å². The SMILES string of the molecule is CC(C)(CNC(=O)c1cccc(C(F)(F)F)c1F)C(=O)O. The van der Waals surface area contributed by atoms with Crippen LogP contribution in [0.25, 0.3) is 0 Å². The summed E-state index contributed by atoms with van der Waals surface area (Å²) in [6.07, 6.45) is -4.92. The van der Waals surface area contributed by atoms with E-state index in [-0.39, 0.29) is 6.54 Å². The van der Waals surface area contributed by atoms with Crippen LogP contribution >= 0.6 is 0 Å². The van der Waals surface area contributed by atoms with Crippen LogP contribution in [0.3, 0.4) is 0 Å². The maximum atomic E-state index is 13.7. The summed E-state index contributed by atoms with van der Waals surface area (Å²) in [6, 6.07) is 2.32. The maximum absolute atomic E-state index is 13.7. The number of benzene rings is 1. The second kappa shape index (κ2) is 5.71. The van der Waals surface area contributed by atoms with E-state index in [1.165, 1.54) is 13.8 Å². The average Bonchev–Trinajstić information content (AvgIpc) is 2.34. The number of nitrogens with one attached hydrogen (secondary N) is 1. The minimum atomic E-state index is -4.92. The number of aliphatic carboxylic acids is 1. The zero-order chi connectivity index (χ0) is 16.4. The molecule has 1 amide bonds. The summed E-state index contributed by atoms with van der Waals surface area (Å²) in [5, 5.41) is 11.0. The van der Waals surface area contributed by atoms with Crippen molar-refractivity contribution in [3.05, 3.63) is 35.1 Å². The van der Waals surface area contributed by atoms with Crippen molar-refractivity contribution in [2.75, 3.05) is 6.54 Å². The molecule has 1 rings (SSSR count). The molecule has 8 heteroatoms. The normalized spacial score (nSPS) is 12.1. The van der Waals surface area contributed by atoms with Gasteiger partial charge in [0.25, 0.3) is 5.91 Å². The fourth-order valence-corrected chi connectivity index (χ4v) is 1.40. The van der Waals surface area contributed by atoms with Gasteiger partial charge in [0.1, 0.15) is 5.82 Å². The highest BCUT2D eigenvalue weighted by atomic mass is 19.4. The molecule has 0 aliphatic heterocycles. The highest BCUT2D eigenvalue weighted by Gasteiger charge is 2.36. The Morgan fingerprint density at radius 2 is 1.81 bits per heavy atom. The molecule has 2 N–H and O–H groups in total. The second-order valence-corrected chi connectivity index (χ2v) is 5.04. The van der Waals surface area contributed by atoms with Crippen LogP contribution in [-0.2, 0) is 11.0 Å². The summed E-state index contributed by atoms with van der Waals surface area (Å²) in [5.41, 5.74) is -3.66. The van der Waals surface area contributed by atoms with Gasteiger partial charge in [0.2, 0.25) is 0 Å². The number of carbonyl (C=O) groups excluding carboxylic acids is 1. The van der Waals surface area contributed by atoms with Crippen LogP contribution in [-0.4, -0.2) is 23.5 Å². The van der Waals surface area contributed by atoms with Gasteiger partial charge in [0, 0.05) is 6.54 Å². The molecule has 0 aliphatic rings. The number of carboxylic acids is 1. The molecular formula is C13H13F4NO3. The van der Waals surface area contributed by atoms with E-state index < -0.39 is 40.4 Å². The number of alkyl halides is 3. The first-order valence-corrected chi connectivity index (χ1v) is 5.84. The Kier molecular flexibility index (Phi) is 4.60. The van der Waals surface area contributed by atoms with Crippen molar-refractivity contribution in [1.29, 1.82) is 0 Å². The summed E-state index contributed by atoms with van der Waals surface area (Å²) in [5.74, 6) is -3.99. The minimum absolute atomic E-state index is 0.350. The molecule has 1 aromatic rings. The molecule has 0 unspecified atom stereocenters. The van der Waals surface area contributed by atoms with E-state index in [0.717, 1.165) is 12.1 Å². The second-order valence-electron chi connectivity index (χ2n) is 5.04. The number of halogens is 4. The van der Waals surface area contributed by atoms with Crippen molar-refractivity contribution in [2.45, 2.75) is 20.0 Å². The highest BCUT2D eigenvalue weighted by molar-refractivity contribution is 5.95. The molecule has 0 saturated carbocycles. The van der Waals surface area contributed by atoms with Crippen molar-refractivity contribution in [3.8, 4) is 0 Å². The molecule has 0 heterocycles. The molecule has 0 fully saturated rings. The predicted octanol–water partition coefficient (Wildman–Crippen LogP) is 2.69. The van der Waals surface area contributed by atoms with Gasteiger partial charge in [0.05, 0.1) is 16.5 Å². The first-order chi connectivity index (χ1) is 9.47. The Balaban J connectivity index is 2.97. The summed E-state index contributed by atoms with van der Waals surface area (Å²) < 4.78 is 51.3. The van der Waals surface area contributed by atoms with Crippen molar-refractivity contribution >= 4 is 11.9 Å². The summed E-state index contributed by atoms with van der Waals surface area (Å²) in [4.78, 5) is 22.6.